The van der Waals surface area contributed by atoms with Gasteiger partial charge in [-0.2, -0.15) is 0 Å². The number of ether oxygens (including phenoxy) is 1. The zero-order valence-corrected chi connectivity index (χ0v) is 23.7. The first-order chi connectivity index (χ1) is 18.6. The molecule has 4 aromatic rings. The summed E-state index contributed by atoms with van der Waals surface area (Å²) < 4.78 is 5.77. The van der Waals surface area contributed by atoms with E-state index in [1.807, 2.05) is 60.7 Å². The van der Waals surface area contributed by atoms with E-state index in [1.54, 1.807) is 6.92 Å². The van der Waals surface area contributed by atoms with E-state index in [1.165, 1.54) is 4.80 Å². The van der Waals surface area contributed by atoms with E-state index in [2.05, 4.69) is 50.5 Å². The van der Waals surface area contributed by atoms with Crippen LogP contribution in [-0.2, 0) is 20.4 Å². The normalized spacial score (nSPS) is 13.3. The van der Waals surface area contributed by atoms with Crippen LogP contribution in [0, 0.1) is 0 Å². The van der Waals surface area contributed by atoms with Gasteiger partial charge in [-0.1, -0.05) is 95.1 Å². The molecule has 0 spiro atoms. The van der Waals surface area contributed by atoms with Crippen LogP contribution < -0.4 is 0 Å². The van der Waals surface area contributed by atoms with Gasteiger partial charge in [-0.05, 0) is 55.0 Å². The van der Waals surface area contributed by atoms with Crippen LogP contribution in [0.4, 0.5) is 0 Å². The monoisotopic (exact) mass is 525 g/mol. The molecule has 1 atom stereocenters. The van der Waals surface area contributed by atoms with Crippen molar-refractivity contribution in [2.24, 2.45) is 0 Å². The van der Waals surface area contributed by atoms with Gasteiger partial charge in [0.15, 0.2) is 0 Å². The van der Waals surface area contributed by atoms with Gasteiger partial charge in [-0.15, -0.1) is 15.0 Å². The van der Waals surface area contributed by atoms with E-state index in [-0.39, 0.29) is 17.8 Å². The highest BCUT2D eigenvalue weighted by Gasteiger charge is 2.35. The lowest BCUT2D eigenvalue weighted by atomic mass is 9.72. The fraction of sp³-hybridized carbons (Fsp3) is 0.364. The van der Waals surface area contributed by atoms with E-state index < -0.39 is 11.4 Å². The molecule has 4 rings (SSSR count). The first kappa shape index (κ1) is 28.1. The summed E-state index contributed by atoms with van der Waals surface area (Å²) in [4.78, 5) is 14.0. The summed E-state index contributed by atoms with van der Waals surface area (Å²) in [5.41, 5.74) is 4.01. The molecule has 6 nitrogen and oxygen atoms in total. The minimum absolute atomic E-state index is 0.108. The zero-order chi connectivity index (χ0) is 28.2. The molecule has 1 unspecified atom stereocenters. The second-order valence-corrected chi connectivity index (χ2v) is 11.3. The zero-order valence-electron chi connectivity index (χ0n) is 23.7. The molecule has 0 aliphatic heterocycles. The van der Waals surface area contributed by atoms with Crippen LogP contribution in [0.3, 0.4) is 0 Å². The van der Waals surface area contributed by atoms with Gasteiger partial charge in [0.05, 0.1) is 5.41 Å². The third-order valence-electron chi connectivity index (χ3n) is 7.61. The van der Waals surface area contributed by atoms with Crippen LogP contribution >= 0.6 is 0 Å². The van der Waals surface area contributed by atoms with Crippen molar-refractivity contribution in [2.75, 3.05) is 6.61 Å². The minimum Gasteiger partial charge on any atom is -0.505 e. The van der Waals surface area contributed by atoms with E-state index in [4.69, 9.17) is 4.74 Å². The maximum atomic E-state index is 12.5. The van der Waals surface area contributed by atoms with Gasteiger partial charge in [0.1, 0.15) is 29.1 Å². The number of fused-ring (bicyclic) bond motifs is 1. The Morgan fingerprint density at radius 1 is 0.949 bits per heavy atom. The maximum absolute atomic E-state index is 12.5. The molecule has 3 aromatic carbocycles. The fourth-order valence-electron chi connectivity index (χ4n) is 5.00. The Labute approximate surface area is 231 Å². The topological polar surface area (TPSA) is 77.2 Å². The number of phenols is 1. The SMILES string of the molecule is C=C(C)C(=O)OCC(C)(c1ccccc1)c1cc(-n2nc3ccccc3n2)c(O)c(C(C)(C)CCCCC)c1. The molecule has 1 aromatic heterocycles. The quantitative estimate of drug-likeness (QED) is 0.125. The second-order valence-electron chi connectivity index (χ2n) is 11.3. The number of aromatic hydroxyl groups is 1. The largest absolute Gasteiger partial charge is 0.505 e. The molecule has 0 saturated carbocycles. The molecular weight excluding hydrogens is 486 g/mol. The highest BCUT2D eigenvalue weighted by molar-refractivity contribution is 5.87. The lowest BCUT2D eigenvalue weighted by molar-refractivity contribution is -0.140. The Balaban J connectivity index is 1.94. The van der Waals surface area contributed by atoms with Crippen molar-refractivity contribution >= 4 is 17.0 Å². The predicted molar refractivity (Wildman–Crippen MR) is 156 cm³/mol. The molecule has 1 N–H and O–H groups in total. The Hall–Kier alpha value is -3.93. The Kier molecular flexibility index (Phi) is 8.24. The number of unbranched alkanes of at least 4 members (excludes halogenated alkanes) is 2. The van der Waals surface area contributed by atoms with Crippen molar-refractivity contribution in [3.8, 4) is 11.4 Å². The molecule has 0 aliphatic rings. The molecule has 6 heteroatoms. The van der Waals surface area contributed by atoms with Crippen molar-refractivity contribution in [1.29, 1.82) is 0 Å². The number of benzene rings is 3. The minimum atomic E-state index is -0.713. The van der Waals surface area contributed by atoms with Crippen LogP contribution in [0.1, 0.15) is 77.0 Å². The van der Waals surface area contributed by atoms with Crippen molar-refractivity contribution in [3.05, 3.63) is 95.6 Å². The number of carbonyl (C=O) groups is 1. The van der Waals surface area contributed by atoms with Gasteiger partial charge in [0.25, 0.3) is 0 Å². The molecular formula is C33H39N3O3. The van der Waals surface area contributed by atoms with Crippen LogP contribution in [-0.4, -0.2) is 32.7 Å². The van der Waals surface area contributed by atoms with Crippen LogP contribution in [0.5, 0.6) is 5.75 Å². The second kappa shape index (κ2) is 11.4. The summed E-state index contributed by atoms with van der Waals surface area (Å²) in [5.74, 6) is -0.272. The highest BCUT2D eigenvalue weighted by Crippen LogP contribution is 2.43. The van der Waals surface area contributed by atoms with Crippen molar-refractivity contribution in [1.82, 2.24) is 15.0 Å². The molecule has 0 bridgehead atoms. The van der Waals surface area contributed by atoms with Gasteiger partial charge < -0.3 is 9.84 Å². The van der Waals surface area contributed by atoms with Gasteiger partial charge in [-0.3, -0.25) is 0 Å². The number of aromatic nitrogens is 3. The van der Waals surface area contributed by atoms with Crippen molar-refractivity contribution in [3.63, 3.8) is 0 Å². The Morgan fingerprint density at radius 2 is 1.56 bits per heavy atom. The number of rotatable bonds is 11. The molecule has 0 radical (unpaired) electrons. The first-order valence-corrected chi connectivity index (χ1v) is 13.7. The molecule has 0 fully saturated rings. The van der Waals surface area contributed by atoms with Crippen LogP contribution in [0.25, 0.3) is 16.7 Å². The molecule has 204 valence electrons. The van der Waals surface area contributed by atoms with Crippen molar-refractivity contribution < 1.29 is 14.6 Å². The Morgan fingerprint density at radius 3 is 2.15 bits per heavy atom. The first-order valence-electron chi connectivity index (χ1n) is 13.7. The summed E-state index contributed by atoms with van der Waals surface area (Å²) >= 11 is 0. The fourth-order valence-corrected chi connectivity index (χ4v) is 5.00. The van der Waals surface area contributed by atoms with Crippen LogP contribution in [0.2, 0.25) is 0 Å². The lowest BCUT2D eigenvalue weighted by Crippen LogP contribution is -2.32. The van der Waals surface area contributed by atoms with Gasteiger partial charge in [0, 0.05) is 11.1 Å². The third-order valence-corrected chi connectivity index (χ3v) is 7.61. The van der Waals surface area contributed by atoms with E-state index in [9.17, 15) is 9.90 Å². The smallest absolute Gasteiger partial charge is 0.333 e. The maximum Gasteiger partial charge on any atom is 0.333 e. The third kappa shape index (κ3) is 5.90. The van der Waals surface area contributed by atoms with Gasteiger partial charge >= 0.3 is 5.97 Å². The number of hydrogen-bond acceptors (Lipinski definition) is 5. The van der Waals surface area contributed by atoms with Gasteiger partial charge in [0.2, 0.25) is 0 Å². The lowest BCUT2D eigenvalue weighted by Gasteiger charge is -2.34. The number of esters is 1. The molecule has 0 saturated heterocycles. The molecule has 1 heterocycles. The number of hydrogen-bond donors (Lipinski definition) is 1. The molecule has 0 aliphatic carbocycles. The Bertz CT molecular complexity index is 1440. The van der Waals surface area contributed by atoms with E-state index >= 15 is 0 Å². The van der Waals surface area contributed by atoms with Crippen LogP contribution in [0.15, 0.2) is 78.9 Å². The molecule has 39 heavy (non-hydrogen) atoms. The van der Waals surface area contributed by atoms with Crippen molar-refractivity contribution in [2.45, 2.75) is 71.1 Å². The summed E-state index contributed by atoms with van der Waals surface area (Å²) in [6.45, 7) is 14.1. The van der Waals surface area contributed by atoms with E-state index in [0.29, 0.717) is 11.3 Å². The summed E-state index contributed by atoms with van der Waals surface area (Å²) in [6, 6.07) is 21.6. The summed E-state index contributed by atoms with van der Waals surface area (Å²) in [6.07, 6.45) is 4.22. The van der Waals surface area contributed by atoms with E-state index in [0.717, 1.165) is 53.4 Å². The average Bonchev–Trinajstić information content (AvgIpc) is 3.36. The predicted octanol–water partition coefficient (Wildman–Crippen LogP) is 7.41. The highest BCUT2D eigenvalue weighted by atomic mass is 16.5. The number of nitrogens with zero attached hydrogens (tertiary/aromatic N) is 3. The number of carbonyl (C=O) groups excluding carboxylic acids is 1. The average molecular weight is 526 g/mol. The standard InChI is InChI=1S/C33H39N3O3/c1-7-8-14-19-32(4,5)26-20-25(21-29(30(26)37)36-34-27-17-12-13-18-28(27)35-36)33(6,22-39-31(38)23(2)3)24-15-10-9-11-16-24/h9-13,15-18,20-21,37H,2,7-8,14,19,22H2,1,3-6H3. The molecule has 0 amide bonds. The summed E-state index contributed by atoms with van der Waals surface area (Å²) in [5, 5.41) is 21.1. The number of phenolic OH excluding ortho intramolecular Hbond substituents is 1. The van der Waals surface area contributed by atoms with Gasteiger partial charge in [-0.25, -0.2) is 4.79 Å². The summed E-state index contributed by atoms with van der Waals surface area (Å²) in [7, 11) is 0.